The van der Waals surface area contributed by atoms with Gasteiger partial charge >= 0.3 is 0 Å². The molecule has 0 spiro atoms. The largest absolute Gasteiger partial charge is 0.338 e. The molecule has 0 bridgehead atoms. The van der Waals surface area contributed by atoms with E-state index in [1.807, 2.05) is 65.6 Å². The van der Waals surface area contributed by atoms with Crippen LogP contribution in [-0.2, 0) is 17.8 Å². The van der Waals surface area contributed by atoms with E-state index in [9.17, 15) is 9.59 Å². The van der Waals surface area contributed by atoms with Crippen molar-refractivity contribution in [3.8, 4) is 5.69 Å². The average Bonchev–Trinajstić information content (AvgIpc) is 3.58. The van der Waals surface area contributed by atoms with Crippen molar-refractivity contribution in [2.75, 3.05) is 12.3 Å². The number of hydrogen-bond acceptors (Lipinski definition) is 5. The Kier molecular flexibility index (Phi) is 7.26. The summed E-state index contributed by atoms with van der Waals surface area (Å²) in [7, 11) is 0. The van der Waals surface area contributed by atoms with E-state index in [1.165, 1.54) is 22.9 Å². The molecular formula is C32H31N5O2S. The number of carbonyl (C=O) groups excluding carboxylic acids is 1. The molecule has 8 heteroatoms. The second-order valence-corrected chi connectivity index (χ2v) is 11.3. The normalized spacial score (nSPS) is 14.4. The first-order valence-corrected chi connectivity index (χ1v) is 14.5. The van der Waals surface area contributed by atoms with Gasteiger partial charge in [0.25, 0.3) is 5.56 Å². The molecule has 1 atom stereocenters. The molecule has 0 fully saturated rings. The molecular weight excluding hydrogens is 518 g/mol. The van der Waals surface area contributed by atoms with Crippen molar-refractivity contribution in [3.63, 3.8) is 0 Å². The first-order chi connectivity index (χ1) is 19.5. The van der Waals surface area contributed by atoms with Crippen LogP contribution in [0.15, 0.2) is 95.0 Å². The number of aromatic nitrogens is 4. The van der Waals surface area contributed by atoms with Gasteiger partial charge in [0.05, 0.1) is 17.9 Å². The Morgan fingerprint density at radius 1 is 0.975 bits per heavy atom. The number of hydrogen-bond donors (Lipinski definition) is 0. The monoisotopic (exact) mass is 549 g/mol. The number of carbonyl (C=O) groups is 1. The van der Waals surface area contributed by atoms with Crippen LogP contribution in [0.25, 0.3) is 16.7 Å². The van der Waals surface area contributed by atoms with Gasteiger partial charge in [0.2, 0.25) is 5.91 Å². The molecule has 40 heavy (non-hydrogen) atoms. The van der Waals surface area contributed by atoms with E-state index in [2.05, 4.69) is 37.1 Å². The summed E-state index contributed by atoms with van der Waals surface area (Å²) in [6.45, 7) is 5.27. The first-order valence-electron chi connectivity index (χ1n) is 13.5. The van der Waals surface area contributed by atoms with E-state index >= 15 is 0 Å². The van der Waals surface area contributed by atoms with Crippen LogP contribution in [0.3, 0.4) is 0 Å². The zero-order valence-electron chi connectivity index (χ0n) is 22.7. The topological polar surface area (TPSA) is 73.0 Å². The Morgan fingerprint density at radius 3 is 2.42 bits per heavy atom. The highest BCUT2D eigenvalue weighted by molar-refractivity contribution is 7.99. The molecule has 1 aliphatic heterocycles. The number of amides is 1. The maximum atomic E-state index is 13.7. The van der Waals surface area contributed by atoms with E-state index in [-0.39, 0.29) is 23.9 Å². The fourth-order valence-corrected chi connectivity index (χ4v) is 6.29. The Labute approximate surface area is 237 Å². The quantitative estimate of drug-likeness (QED) is 0.239. The molecule has 7 nitrogen and oxygen atoms in total. The summed E-state index contributed by atoms with van der Waals surface area (Å²) >= 11 is 1.53. The maximum Gasteiger partial charge on any atom is 0.265 e. The molecule has 2 aromatic heterocycles. The number of rotatable bonds is 8. The van der Waals surface area contributed by atoms with Crippen LogP contribution in [0.2, 0.25) is 0 Å². The molecule has 3 aromatic carbocycles. The lowest BCUT2D eigenvalue weighted by molar-refractivity contribution is -0.132. The second-order valence-electron chi connectivity index (χ2n) is 10.3. The van der Waals surface area contributed by atoms with Gasteiger partial charge in [-0.3, -0.25) is 14.2 Å². The first kappa shape index (κ1) is 26.1. The van der Waals surface area contributed by atoms with E-state index in [0.29, 0.717) is 35.0 Å². The molecule has 202 valence electrons. The molecule has 1 aliphatic rings. The Morgan fingerprint density at radius 2 is 1.70 bits per heavy atom. The highest BCUT2D eigenvalue weighted by Gasteiger charge is 2.31. The van der Waals surface area contributed by atoms with Gasteiger partial charge in [-0.25, -0.2) is 9.67 Å². The van der Waals surface area contributed by atoms with Crippen molar-refractivity contribution in [2.45, 2.75) is 44.4 Å². The molecule has 0 saturated heterocycles. The summed E-state index contributed by atoms with van der Waals surface area (Å²) in [4.78, 5) is 34.2. The standard InChI is InChI=1S/C32H31N5O2S/c1-22-13-14-26(17-23(22)2)37-30-28(19-33-37)31(39)36-27(21-40-32(36)34-30)18-29(38)35(20-25-11-7-4-8-12-25)16-15-24-9-5-3-6-10-24/h3-14,17,19,27H,15-16,18,20-21H2,1-2H3. The lowest BCUT2D eigenvalue weighted by Gasteiger charge is -2.25. The number of nitrogens with zero attached hydrogens (tertiary/aromatic N) is 5. The van der Waals surface area contributed by atoms with Crippen molar-refractivity contribution in [1.82, 2.24) is 24.2 Å². The third-order valence-corrected chi connectivity index (χ3v) is 8.70. The minimum absolute atomic E-state index is 0.0380. The Balaban J connectivity index is 1.26. The van der Waals surface area contributed by atoms with Crippen LogP contribution in [0, 0.1) is 13.8 Å². The summed E-state index contributed by atoms with van der Waals surface area (Å²) in [5.74, 6) is 0.672. The summed E-state index contributed by atoms with van der Waals surface area (Å²) in [6.07, 6.45) is 2.62. The maximum absolute atomic E-state index is 13.7. The minimum Gasteiger partial charge on any atom is -0.338 e. The average molecular weight is 550 g/mol. The van der Waals surface area contributed by atoms with Crippen LogP contribution in [0.1, 0.15) is 34.7 Å². The number of fused-ring (bicyclic) bond motifs is 2. The van der Waals surface area contributed by atoms with Crippen LogP contribution in [0.4, 0.5) is 0 Å². The number of thioether (sulfide) groups is 1. The summed E-state index contributed by atoms with van der Waals surface area (Å²) < 4.78 is 3.43. The van der Waals surface area contributed by atoms with Gasteiger partial charge in [-0.1, -0.05) is 78.5 Å². The number of aryl methyl sites for hydroxylation is 2. The van der Waals surface area contributed by atoms with Gasteiger partial charge in [0.15, 0.2) is 10.8 Å². The Hall–Kier alpha value is -4.17. The minimum atomic E-state index is -0.253. The van der Waals surface area contributed by atoms with E-state index in [0.717, 1.165) is 23.2 Å². The second kappa shape index (κ2) is 11.1. The van der Waals surface area contributed by atoms with Gasteiger partial charge < -0.3 is 4.90 Å². The van der Waals surface area contributed by atoms with Crippen molar-refractivity contribution < 1.29 is 4.79 Å². The van der Waals surface area contributed by atoms with Gasteiger partial charge in [-0.15, -0.1) is 0 Å². The fourth-order valence-electron chi connectivity index (χ4n) is 5.16. The zero-order chi connectivity index (χ0) is 27.6. The molecule has 0 radical (unpaired) electrons. The van der Waals surface area contributed by atoms with Crippen molar-refractivity contribution in [2.24, 2.45) is 0 Å². The van der Waals surface area contributed by atoms with Crippen molar-refractivity contribution in [3.05, 3.63) is 118 Å². The SMILES string of the molecule is Cc1ccc(-n2ncc3c(=O)n4c(nc32)SCC4CC(=O)N(CCc2ccccc2)Cc2ccccc2)cc1C. The Bertz CT molecular complexity index is 1730. The van der Waals surface area contributed by atoms with E-state index in [1.54, 1.807) is 15.4 Å². The predicted molar refractivity (Wildman–Crippen MR) is 159 cm³/mol. The van der Waals surface area contributed by atoms with Crippen LogP contribution >= 0.6 is 11.8 Å². The van der Waals surface area contributed by atoms with Crippen molar-refractivity contribution in [1.29, 1.82) is 0 Å². The lowest BCUT2D eigenvalue weighted by Crippen LogP contribution is -2.35. The van der Waals surface area contributed by atoms with E-state index in [4.69, 9.17) is 4.98 Å². The number of benzene rings is 3. The van der Waals surface area contributed by atoms with Crippen LogP contribution < -0.4 is 5.56 Å². The lowest BCUT2D eigenvalue weighted by atomic mass is 10.1. The third-order valence-electron chi connectivity index (χ3n) is 7.60. The fraction of sp³-hybridized carbons (Fsp3) is 0.250. The summed E-state index contributed by atoms with van der Waals surface area (Å²) in [5, 5.41) is 5.61. The van der Waals surface area contributed by atoms with Crippen molar-refractivity contribution >= 4 is 28.7 Å². The molecule has 1 unspecified atom stereocenters. The zero-order valence-corrected chi connectivity index (χ0v) is 23.5. The molecule has 6 rings (SSSR count). The van der Waals surface area contributed by atoms with Gasteiger partial charge in [0, 0.05) is 25.3 Å². The van der Waals surface area contributed by atoms with Gasteiger partial charge in [-0.2, -0.15) is 5.10 Å². The summed E-state index contributed by atoms with van der Waals surface area (Å²) in [5.41, 5.74) is 5.91. The molecule has 3 heterocycles. The van der Waals surface area contributed by atoms with Gasteiger partial charge in [0.1, 0.15) is 5.39 Å². The molecule has 0 N–H and O–H groups in total. The predicted octanol–water partition coefficient (Wildman–Crippen LogP) is 5.51. The molecule has 0 aliphatic carbocycles. The third kappa shape index (κ3) is 5.19. The van der Waals surface area contributed by atoms with E-state index < -0.39 is 0 Å². The summed E-state index contributed by atoms with van der Waals surface area (Å²) in [6, 6.07) is 26.1. The highest BCUT2D eigenvalue weighted by atomic mass is 32.2. The van der Waals surface area contributed by atoms with Crippen LogP contribution in [-0.4, -0.2) is 42.4 Å². The highest BCUT2D eigenvalue weighted by Crippen LogP contribution is 2.34. The molecule has 5 aromatic rings. The molecule has 1 amide bonds. The van der Waals surface area contributed by atoms with Gasteiger partial charge in [-0.05, 0) is 54.7 Å². The molecule has 0 saturated carbocycles. The van der Waals surface area contributed by atoms with Crippen LogP contribution in [0.5, 0.6) is 0 Å². The smallest absolute Gasteiger partial charge is 0.265 e.